The van der Waals surface area contributed by atoms with Crippen LogP contribution in [0.3, 0.4) is 0 Å². The third kappa shape index (κ3) is 4.86. The number of carbonyl (C=O) groups is 1. The molecule has 0 aromatic heterocycles. The Morgan fingerprint density at radius 2 is 1.44 bits per heavy atom. The fraction of sp³-hybridized carbons (Fsp3) is 0.208. The first-order valence-corrected chi connectivity index (χ1v) is 11.3. The second-order valence-corrected chi connectivity index (χ2v) is 9.34. The minimum Gasteiger partial charge on any atom is -0.493 e. The number of carbonyl (C=O) groups excluding carboxylic acids is 1. The summed E-state index contributed by atoms with van der Waals surface area (Å²) in [6, 6.07) is 16.6. The lowest BCUT2D eigenvalue weighted by Crippen LogP contribution is -2.26. The van der Waals surface area contributed by atoms with Crippen molar-refractivity contribution in [3.05, 3.63) is 77.4 Å². The molecule has 0 unspecified atom stereocenters. The third-order valence-corrected chi connectivity index (χ3v) is 6.77. The zero-order valence-electron chi connectivity index (χ0n) is 18.7. The SMILES string of the molecule is COc1ccc(S(=O)(=O)N(C)c2ccc(C(=O)Nc3cc(C)cc(C)c3)cc2)cc1OC. The molecule has 0 heterocycles. The molecule has 1 amide bonds. The number of nitrogens with zero attached hydrogens (tertiary/aromatic N) is 1. The number of methoxy groups -OCH3 is 2. The normalized spacial score (nSPS) is 11.0. The van der Waals surface area contributed by atoms with Gasteiger partial charge in [-0.15, -0.1) is 0 Å². The summed E-state index contributed by atoms with van der Waals surface area (Å²) in [5, 5.41) is 2.87. The first-order valence-electron chi connectivity index (χ1n) is 9.86. The molecule has 0 saturated heterocycles. The summed E-state index contributed by atoms with van der Waals surface area (Å²) in [6.07, 6.45) is 0. The van der Waals surface area contributed by atoms with Gasteiger partial charge in [0.2, 0.25) is 0 Å². The van der Waals surface area contributed by atoms with Crippen LogP contribution in [-0.4, -0.2) is 35.6 Å². The smallest absolute Gasteiger partial charge is 0.264 e. The number of nitrogens with one attached hydrogen (secondary N) is 1. The van der Waals surface area contributed by atoms with E-state index < -0.39 is 10.0 Å². The van der Waals surface area contributed by atoms with Gasteiger partial charge in [0.1, 0.15) is 0 Å². The Hall–Kier alpha value is -3.52. The minimum absolute atomic E-state index is 0.0642. The largest absolute Gasteiger partial charge is 0.493 e. The summed E-state index contributed by atoms with van der Waals surface area (Å²) >= 11 is 0. The molecule has 0 aliphatic rings. The van der Waals surface area contributed by atoms with Crippen molar-refractivity contribution in [1.82, 2.24) is 0 Å². The molecule has 0 aliphatic heterocycles. The van der Waals surface area contributed by atoms with Crippen LogP contribution in [0.4, 0.5) is 11.4 Å². The Labute approximate surface area is 188 Å². The highest BCUT2D eigenvalue weighted by Gasteiger charge is 2.23. The second kappa shape index (κ2) is 9.32. The Bertz CT molecular complexity index is 1220. The molecular formula is C24H26N2O5S. The van der Waals surface area contributed by atoms with Gasteiger partial charge in [0.05, 0.1) is 24.8 Å². The maximum Gasteiger partial charge on any atom is 0.264 e. The van der Waals surface area contributed by atoms with Crippen LogP contribution in [0.1, 0.15) is 21.5 Å². The molecule has 3 aromatic carbocycles. The molecular weight excluding hydrogens is 428 g/mol. The van der Waals surface area contributed by atoms with Crippen LogP contribution in [0, 0.1) is 13.8 Å². The van der Waals surface area contributed by atoms with E-state index in [1.165, 1.54) is 33.4 Å². The average Bonchev–Trinajstić information content (AvgIpc) is 2.77. The molecule has 7 nitrogen and oxygen atoms in total. The summed E-state index contributed by atoms with van der Waals surface area (Å²) in [7, 11) is 0.538. The summed E-state index contributed by atoms with van der Waals surface area (Å²) in [6.45, 7) is 3.93. The number of benzene rings is 3. The Morgan fingerprint density at radius 3 is 2.00 bits per heavy atom. The zero-order valence-corrected chi connectivity index (χ0v) is 19.5. The van der Waals surface area contributed by atoms with Gasteiger partial charge in [-0.25, -0.2) is 8.42 Å². The molecule has 0 saturated carbocycles. The van der Waals surface area contributed by atoms with Crippen LogP contribution in [0.25, 0.3) is 0 Å². The zero-order chi connectivity index (χ0) is 23.5. The lowest BCUT2D eigenvalue weighted by atomic mass is 10.1. The second-order valence-electron chi connectivity index (χ2n) is 7.37. The third-order valence-electron chi connectivity index (χ3n) is 4.99. The first-order chi connectivity index (χ1) is 15.1. The van der Waals surface area contributed by atoms with Crippen LogP contribution in [0.15, 0.2) is 65.6 Å². The van der Waals surface area contributed by atoms with E-state index in [0.29, 0.717) is 28.4 Å². The molecule has 32 heavy (non-hydrogen) atoms. The highest BCUT2D eigenvalue weighted by Crippen LogP contribution is 2.31. The molecule has 0 spiro atoms. The van der Waals surface area contributed by atoms with E-state index in [4.69, 9.17) is 9.47 Å². The van der Waals surface area contributed by atoms with Gasteiger partial charge in [-0.1, -0.05) is 6.07 Å². The van der Waals surface area contributed by atoms with Gasteiger partial charge < -0.3 is 14.8 Å². The van der Waals surface area contributed by atoms with E-state index in [9.17, 15) is 13.2 Å². The predicted molar refractivity (Wildman–Crippen MR) is 125 cm³/mol. The van der Waals surface area contributed by atoms with Crippen molar-refractivity contribution < 1.29 is 22.7 Å². The lowest BCUT2D eigenvalue weighted by molar-refractivity contribution is 0.102. The van der Waals surface area contributed by atoms with Gasteiger partial charge >= 0.3 is 0 Å². The number of ether oxygens (including phenoxy) is 2. The topological polar surface area (TPSA) is 84.9 Å². The summed E-state index contributed by atoms with van der Waals surface area (Å²) in [4.78, 5) is 12.7. The molecule has 3 aromatic rings. The van der Waals surface area contributed by atoms with Crippen molar-refractivity contribution in [2.24, 2.45) is 0 Å². The monoisotopic (exact) mass is 454 g/mol. The molecule has 8 heteroatoms. The number of amides is 1. The van der Waals surface area contributed by atoms with E-state index >= 15 is 0 Å². The van der Waals surface area contributed by atoms with E-state index in [1.54, 1.807) is 30.3 Å². The fourth-order valence-electron chi connectivity index (χ4n) is 3.35. The molecule has 0 radical (unpaired) electrons. The Morgan fingerprint density at radius 1 is 0.844 bits per heavy atom. The highest BCUT2D eigenvalue weighted by atomic mass is 32.2. The van der Waals surface area contributed by atoms with Gasteiger partial charge in [-0.3, -0.25) is 9.10 Å². The number of anilines is 2. The molecule has 0 fully saturated rings. The van der Waals surface area contributed by atoms with Gasteiger partial charge in [0, 0.05) is 24.4 Å². The number of hydrogen-bond donors (Lipinski definition) is 1. The van der Waals surface area contributed by atoms with Gasteiger partial charge in [-0.2, -0.15) is 0 Å². The van der Waals surface area contributed by atoms with Gasteiger partial charge in [0.15, 0.2) is 11.5 Å². The molecule has 3 rings (SSSR count). The summed E-state index contributed by atoms with van der Waals surface area (Å²) in [5.41, 5.74) is 3.66. The Kier molecular flexibility index (Phi) is 6.74. The first kappa shape index (κ1) is 23.1. The van der Waals surface area contributed by atoms with Crippen molar-refractivity contribution in [1.29, 1.82) is 0 Å². The minimum atomic E-state index is -3.84. The van der Waals surface area contributed by atoms with Crippen molar-refractivity contribution in [3.8, 4) is 11.5 Å². The molecule has 0 aliphatic carbocycles. The molecule has 0 atom stereocenters. The number of sulfonamides is 1. The van der Waals surface area contributed by atoms with Crippen LogP contribution in [0.2, 0.25) is 0 Å². The number of rotatable bonds is 7. The predicted octanol–water partition coefficient (Wildman–Crippen LogP) is 4.40. The molecule has 0 bridgehead atoms. The maximum absolute atomic E-state index is 13.1. The summed E-state index contributed by atoms with van der Waals surface area (Å²) in [5.74, 6) is 0.487. The Balaban J connectivity index is 1.81. The quantitative estimate of drug-likeness (QED) is 0.572. The van der Waals surface area contributed by atoms with Crippen molar-refractivity contribution in [3.63, 3.8) is 0 Å². The fourth-order valence-corrected chi connectivity index (χ4v) is 4.56. The van der Waals surface area contributed by atoms with Crippen LogP contribution < -0.4 is 19.1 Å². The van der Waals surface area contributed by atoms with Crippen LogP contribution in [0.5, 0.6) is 11.5 Å². The van der Waals surface area contributed by atoms with E-state index in [0.717, 1.165) is 15.4 Å². The molecule has 168 valence electrons. The van der Waals surface area contributed by atoms with Crippen molar-refractivity contribution in [2.75, 3.05) is 30.9 Å². The van der Waals surface area contributed by atoms with Crippen LogP contribution in [-0.2, 0) is 10.0 Å². The summed E-state index contributed by atoms with van der Waals surface area (Å²) < 4.78 is 37.7. The van der Waals surface area contributed by atoms with Gasteiger partial charge in [0.25, 0.3) is 15.9 Å². The van der Waals surface area contributed by atoms with Crippen molar-refractivity contribution in [2.45, 2.75) is 18.7 Å². The highest BCUT2D eigenvalue weighted by molar-refractivity contribution is 7.92. The van der Waals surface area contributed by atoms with E-state index in [-0.39, 0.29) is 10.8 Å². The number of hydrogen-bond acceptors (Lipinski definition) is 5. The van der Waals surface area contributed by atoms with E-state index in [1.807, 2.05) is 32.0 Å². The number of aryl methyl sites for hydroxylation is 2. The standard InChI is InChI=1S/C24H26N2O5S/c1-16-12-17(2)14-19(13-16)25-24(27)18-6-8-20(9-7-18)26(3)32(28,29)21-10-11-22(30-4)23(15-21)31-5/h6-15H,1-5H3,(H,25,27). The lowest BCUT2D eigenvalue weighted by Gasteiger charge is -2.20. The molecule has 1 N–H and O–H groups in total. The van der Waals surface area contributed by atoms with Gasteiger partial charge in [-0.05, 0) is 73.5 Å². The van der Waals surface area contributed by atoms with Crippen molar-refractivity contribution >= 4 is 27.3 Å². The average molecular weight is 455 g/mol. The maximum atomic E-state index is 13.1. The van der Waals surface area contributed by atoms with E-state index in [2.05, 4.69) is 5.32 Å². The van der Waals surface area contributed by atoms with Crippen LogP contribution >= 0.6 is 0 Å².